The van der Waals surface area contributed by atoms with Crippen LogP contribution in [0.5, 0.6) is 0 Å². The molecule has 2 fully saturated rings. The molecule has 0 spiro atoms. The topological polar surface area (TPSA) is 43.8 Å². The SMILES string of the molecule is CCN1CC(=O)N2[C@H](C1)[C@@H](c1ccc(-c3ccccc3F)cc1)[C@@H]2CO. The first kappa shape index (κ1) is 17.2. The molecule has 2 aromatic rings. The van der Waals surface area contributed by atoms with Crippen LogP contribution in [0.3, 0.4) is 0 Å². The fourth-order valence-corrected chi connectivity index (χ4v) is 4.39. The van der Waals surface area contributed by atoms with E-state index in [2.05, 4.69) is 11.8 Å². The molecule has 1 amide bonds. The Morgan fingerprint density at radius 2 is 1.88 bits per heavy atom. The predicted octanol–water partition coefficient (Wildman–Crippen LogP) is 2.48. The van der Waals surface area contributed by atoms with E-state index in [1.54, 1.807) is 12.1 Å². The van der Waals surface area contributed by atoms with Gasteiger partial charge in [-0.15, -0.1) is 0 Å². The fraction of sp³-hybridized carbons (Fsp3) is 0.381. The van der Waals surface area contributed by atoms with Crippen LogP contribution in [0.1, 0.15) is 18.4 Å². The number of amides is 1. The summed E-state index contributed by atoms with van der Waals surface area (Å²) in [5.74, 6) is -0.0193. The Hall–Kier alpha value is -2.24. The molecule has 136 valence electrons. The second-order valence-electron chi connectivity index (χ2n) is 7.07. The zero-order valence-electron chi connectivity index (χ0n) is 14.8. The number of aliphatic hydroxyl groups is 1. The molecule has 2 aliphatic heterocycles. The van der Waals surface area contributed by atoms with Crippen LogP contribution >= 0.6 is 0 Å². The average molecular weight is 354 g/mol. The Bertz CT molecular complexity index is 808. The Morgan fingerprint density at radius 1 is 1.15 bits per heavy atom. The minimum atomic E-state index is -0.236. The minimum absolute atomic E-state index is 0.0336. The third-order valence-corrected chi connectivity index (χ3v) is 5.75. The molecule has 0 saturated carbocycles. The van der Waals surface area contributed by atoms with Crippen LogP contribution < -0.4 is 0 Å². The number of rotatable bonds is 4. The van der Waals surface area contributed by atoms with Gasteiger partial charge in [-0.1, -0.05) is 49.4 Å². The summed E-state index contributed by atoms with van der Waals surface area (Å²) in [7, 11) is 0. The first-order valence-corrected chi connectivity index (χ1v) is 9.13. The molecule has 2 aliphatic rings. The van der Waals surface area contributed by atoms with Crippen LogP contribution in [0.4, 0.5) is 4.39 Å². The Labute approximate surface area is 152 Å². The van der Waals surface area contributed by atoms with E-state index in [1.165, 1.54) is 6.07 Å². The van der Waals surface area contributed by atoms with Crippen molar-refractivity contribution >= 4 is 5.91 Å². The van der Waals surface area contributed by atoms with E-state index >= 15 is 0 Å². The van der Waals surface area contributed by atoms with Crippen molar-refractivity contribution in [1.82, 2.24) is 9.80 Å². The highest BCUT2D eigenvalue weighted by molar-refractivity contribution is 5.81. The molecule has 2 aromatic carbocycles. The van der Waals surface area contributed by atoms with Crippen LogP contribution in [-0.2, 0) is 4.79 Å². The van der Waals surface area contributed by atoms with Gasteiger partial charge in [-0.2, -0.15) is 0 Å². The van der Waals surface area contributed by atoms with Gasteiger partial charge in [0.15, 0.2) is 0 Å². The van der Waals surface area contributed by atoms with E-state index in [0.717, 1.165) is 24.2 Å². The molecule has 0 bridgehead atoms. The van der Waals surface area contributed by atoms with Gasteiger partial charge in [-0.3, -0.25) is 9.69 Å². The van der Waals surface area contributed by atoms with Gasteiger partial charge >= 0.3 is 0 Å². The lowest BCUT2D eigenvalue weighted by molar-refractivity contribution is -0.161. The fourth-order valence-electron chi connectivity index (χ4n) is 4.39. The van der Waals surface area contributed by atoms with Gasteiger partial charge in [-0.05, 0) is 23.7 Å². The van der Waals surface area contributed by atoms with Crippen molar-refractivity contribution in [2.45, 2.75) is 24.9 Å². The van der Waals surface area contributed by atoms with E-state index in [1.807, 2.05) is 35.2 Å². The van der Waals surface area contributed by atoms with Crippen molar-refractivity contribution in [3.05, 3.63) is 59.9 Å². The molecule has 4 rings (SSSR count). The average Bonchev–Trinajstić information content (AvgIpc) is 2.64. The highest BCUT2D eigenvalue weighted by Crippen LogP contribution is 2.43. The summed E-state index contributed by atoms with van der Waals surface area (Å²) in [5.41, 5.74) is 2.51. The lowest BCUT2D eigenvalue weighted by Gasteiger charge is -2.58. The van der Waals surface area contributed by atoms with Gasteiger partial charge in [0.1, 0.15) is 5.82 Å². The van der Waals surface area contributed by atoms with E-state index in [9.17, 15) is 14.3 Å². The van der Waals surface area contributed by atoms with Crippen molar-refractivity contribution in [2.24, 2.45) is 0 Å². The van der Waals surface area contributed by atoms with E-state index < -0.39 is 0 Å². The number of benzene rings is 2. The molecular weight excluding hydrogens is 331 g/mol. The zero-order chi connectivity index (χ0) is 18.3. The second kappa shape index (κ2) is 6.82. The molecule has 2 heterocycles. The molecule has 5 heteroatoms. The quantitative estimate of drug-likeness (QED) is 0.917. The molecular formula is C21H23FN2O2. The minimum Gasteiger partial charge on any atom is -0.394 e. The number of hydrogen-bond acceptors (Lipinski definition) is 3. The van der Waals surface area contributed by atoms with Crippen LogP contribution in [0.2, 0.25) is 0 Å². The summed E-state index contributed by atoms with van der Waals surface area (Å²) in [6.45, 7) is 4.14. The van der Waals surface area contributed by atoms with E-state index in [-0.39, 0.29) is 36.3 Å². The third kappa shape index (κ3) is 2.72. The van der Waals surface area contributed by atoms with Crippen molar-refractivity contribution in [3.63, 3.8) is 0 Å². The highest BCUT2D eigenvalue weighted by Gasteiger charge is 2.53. The molecule has 0 unspecified atom stereocenters. The van der Waals surface area contributed by atoms with E-state index in [0.29, 0.717) is 12.1 Å². The lowest BCUT2D eigenvalue weighted by atomic mass is 9.73. The van der Waals surface area contributed by atoms with Crippen molar-refractivity contribution in [1.29, 1.82) is 0 Å². The Balaban J connectivity index is 1.60. The van der Waals surface area contributed by atoms with Crippen molar-refractivity contribution in [3.8, 4) is 11.1 Å². The van der Waals surface area contributed by atoms with Crippen molar-refractivity contribution in [2.75, 3.05) is 26.2 Å². The number of nitrogens with zero attached hydrogens (tertiary/aromatic N) is 2. The Kier molecular flexibility index (Phi) is 4.51. The van der Waals surface area contributed by atoms with Crippen molar-refractivity contribution < 1.29 is 14.3 Å². The highest BCUT2D eigenvalue weighted by atomic mass is 19.1. The first-order valence-electron chi connectivity index (χ1n) is 9.13. The summed E-state index contributed by atoms with van der Waals surface area (Å²) in [6, 6.07) is 14.5. The van der Waals surface area contributed by atoms with Gasteiger partial charge < -0.3 is 10.0 Å². The van der Waals surface area contributed by atoms with Crippen LogP contribution in [0.25, 0.3) is 11.1 Å². The molecule has 1 N–H and O–H groups in total. The second-order valence-corrected chi connectivity index (χ2v) is 7.07. The van der Waals surface area contributed by atoms with E-state index in [4.69, 9.17) is 0 Å². The number of fused-ring (bicyclic) bond motifs is 1. The molecule has 0 aromatic heterocycles. The maximum Gasteiger partial charge on any atom is 0.237 e. The number of piperazine rings is 1. The zero-order valence-corrected chi connectivity index (χ0v) is 14.8. The molecule has 0 radical (unpaired) electrons. The summed E-state index contributed by atoms with van der Waals surface area (Å²) in [6.07, 6.45) is 0. The van der Waals surface area contributed by atoms with Gasteiger partial charge in [-0.25, -0.2) is 4.39 Å². The molecule has 2 saturated heterocycles. The molecule has 4 nitrogen and oxygen atoms in total. The number of likely N-dealkylation sites (N-methyl/N-ethyl adjacent to an activating group) is 1. The maximum absolute atomic E-state index is 14.0. The smallest absolute Gasteiger partial charge is 0.237 e. The van der Waals surface area contributed by atoms with Crippen LogP contribution in [0, 0.1) is 5.82 Å². The summed E-state index contributed by atoms with van der Waals surface area (Å²) >= 11 is 0. The number of hydrogen-bond donors (Lipinski definition) is 1. The monoisotopic (exact) mass is 354 g/mol. The maximum atomic E-state index is 14.0. The predicted molar refractivity (Wildman–Crippen MR) is 98.2 cm³/mol. The summed E-state index contributed by atoms with van der Waals surface area (Å²) in [4.78, 5) is 16.4. The standard InChI is InChI=1S/C21H23FN2O2/c1-2-23-11-18-21(19(13-25)24(18)20(26)12-23)15-9-7-14(8-10-15)16-5-3-4-6-17(16)22/h3-10,18-19,21,25H,2,11-13H2,1H3/t18-,19+,21-/m1/s1. The Morgan fingerprint density at radius 3 is 2.54 bits per heavy atom. The molecule has 26 heavy (non-hydrogen) atoms. The van der Waals surface area contributed by atoms with Gasteiger partial charge in [0.25, 0.3) is 0 Å². The molecule has 3 atom stereocenters. The first-order chi connectivity index (χ1) is 12.6. The number of carbonyl (C=O) groups excluding carboxylic acids is 1. The summed E-state index contributed by atoms with van der Waals surface area (Å²) in [5, 5.41) is 9.81. The van der Waals surface area contributed by atoms with Crippen LogP contribution in [0.15, 0.2) is 48.5 Å². The largest absolute Gasteiger partial charge is 0.394 e. The van der Waals surface area contributed by atoms with Gasteiger partial charge in [0.2, 0.25) is 5.91 Å². The third-order valence-electron chi connectivity index (χ3n) is 5.75. The molecule has 0 aliphatic carbocycles. The number of carbonyl (C=O) groups is 1. The summed E-state index contributed by atoms with van der Waals surface area (Å²) < 4.78 is 14.0. The normalized spacial score (nSPS) is 25.7. The number of halogens is 1. The number of aliphatic hydroxyl groups excluding tert-OH is 1. The lowest BCUT2D eigenvalue weighted by Crippen LogP contribution is -2.72. The van der Waals surface area contributed by atoms with Crippen LogP contribution in [-0.4, -0.2) is 59.1 Å². The van der Waals surface area contributed by atoms with Gasteiger partial charge in [0, 0.05) is 18.0 Å². The van der Waals surface area contributed by atoms with Gasteiger partial charge in [0.05, 0.1) is 25.2 Å².